The van der Waals surface area contributed by atoms with Crippen LogP contribution in [-0.2, 0) is 6.54 Å². The van der Waals surface area contributed by atoms with Crippen molar-refractivity contribution in [1.29, 1.82) is 0 Å². The second-order valence-corrected chi connectivity index (χ2v) is 5.01. The van der Waals surface area contributed by atoms with Crippen molar-refractivity contribution in [3.8, 4) is 0 Å². The third-order valence-electron chi connectivity index (χ3n) is 3.46. The van der Waals surface area contributed by atoms with Gasteiger partial charge in [-0.15, -0.1) is 0 Å². The van der Waals surface area contributed by atoms with Gasteiger partial charge in [-0.05, 0) is 44.0 Å². The van der Waals surface area contributed by atoms with Gasteiger partial charge in [0.15, 0.2) is 0 Å². The number of benzene rings is 1. The first-order chi connectivity index (χ1) is 9.20. The van der Waals surface area contributed by atoms with Crippen LogP contribution in [0.3, 0.4) is 0 Å². The molecule has 0 aliphatic carbocycles. The molecule has 0 spiro atoms. The second kappa shape index (κ2) is 6.52. The van der Waals surface area contributed by atoms with E-state index in [1.165, 1.54) is 12.8 Å². The summed E-state index contributed by atoms with van der Waals surface area (Å²) in [6.07, 6.45) is 3.50. The first-order valence-electron chi connectivity index (χ1n) is 6.94. The Morgan fingerprint density at radius 3 is 2.74 bits per heavy atom. The molecule has 0 radical (unpaired) electrons. The smallest absolute Gasteiger partial charge is 0.269 e. The molecule has 0 saturated carbocycles. The molecule has 0 atom stereocenters. The molecule has 1 aromatic rings. The van der Waals surface area contributed by atoms with Gasteiger partial charge in [-0.3, -0.25) is 15.0 Å². The van der Waals surface area contributed by atoms with Crippen LogP contribution in [-0.4, -0.2) is 29.5 Å². The normalized spacial score (nSPS) is 15.6. The second-order valence-electron chi connectivity index (χ2n) is 5.01. The highest BCUT2D eigenvalue weighted by Crippen LogP contribution is 2.25. The van der Waals surface area contributed by atoms with E-state index in [0.717, 1.165) is 43.9 Å². The van der Waals surface area contributed by atoms with E-state index >= 15 is 0 Å². The Kier molecular flexibility index (Phi) is 4.74. The van der Waals surface area contributed by atoms with Crippen LogP contribution in [0.25, 0.3) is 0 Å². The zero-order valence-corrected chi connectivity index (χ0v) is 11.4. The fourth-order valence-electron chi connectivity index (χ4n) is 2.44. The topological polar surface area (TPSA) is 58.4 Å². The first kappa shape index (κ1) is 13.8. The van der Waals surface area contributed by atoms with Gasteiger partial charge in [0.05, 0.1) is 4.92 Å². The molecule has 1 fully saturated rings. The van der Waals surface area contributed by atoms with E-state index in [4.69, 9.17) is 0 Å². The van der Waals surface area contributed by atoms with Gasteiger partial charge >= 0.3 is 0 Å². The van der Waals surface area contributed by atoms with Gasteiger partial charge in [0, 0.05) is 30.9 Å². The summed E-state index contributed by atoms with van der Waals surface area (Å²) in [5.41, 5.74) is 2.24. The third-order valence-corrected chi connectivity index (χ3v) is 3.46. The molecule has 5 nitrogen and oxygen atoms in total. The molecule has 2 rings (SSSR count). The number of nitrogens with zero attached hydrogens (tertiary/aromatic N) is 2. The van der Waals surface area contributed by atoms with Gasteiger partial charge in [0.25, 0.3) is 5.69 Å². The van der Waals surface area contributed by atoms with Crippen LogP contribution in [0.2, 0.25) is 0 Å². The fraction of sp³-hybridized carbons (Fsp3) is 0.571. The summed E-state index contributed by atoms with van der Waals surface area (Å²) in [5, 5.41) is 14.2. The molecule has 1 aliphatic rings. The van der Waals surface area contributed by atoms with Gasteiger partial charge in [0.1, 0.15) is 0 Å². The Morgan fingerprint density at radius 2 is 2.11 bits per heavy atom. The lowest BCUT2D eigenvalue weighted by Gasteiger charge is -2.18. The minimum atomic E-state index is -0.322. The number of likely N-dealkylation sites (tertiary alicyclic amines) is 1. The van der Waals surface area contributed by atoms with Gasteiger partial charge in [-0.1, -0.05) is 6.92 Å². The summed E-state index contributed by atoms with van der Waals surface area (Å²) >= 11 is 0. The summed E-state index contributed by atoms with van der Waals surface area (Å²) in [6, 6.07) is 5.11. The Morgan fingerprint density at radius 1 is 1.37 bits per heavy atom. The summed E-state index contributed by atoms with van der Waals surface area (Å²) in [7, 11) is 0. The molecular weight excluding hydrogens is 242 g/mol. The van der Waals surface area contributed by atoms with Crippen molar-refractivity contribution in [2.45, 2.75) is 32.7 Å². The molecule has 1 saturated heterocycles. The largest absolute Gasteiger partial charge is 0.385 e. The van der Waals surface area contributed by atoms with E-state index in [0.29, 0.717) is 0 Å². The minimum Gasteiger partial charge on any atom is -0.385 e. The van der Waals surface area contributed by atoms with Gasteiger partial charge in [-0.2, -0.15) is 0 Å². The number of hydrogen-bond donors (Lipinski definition) is 1. The van der Waals surface area contributed by atoms with E-state index in [-0.39, 0.29) is 10.6 Å². The van der Waals surface area contributed by atoms with Crippen molar-refractivity contribution in [2.75, 3.05) is 25.0 Å². The zero-order chi connectivity index (χ0) is 13.7. The molecule has 0 aromatic heterocycles. The molecule has 0 bridgehead atoms. The summed E-state index contributed by atoms with van der Waals surface area (Å²) in [5.74, 6) is 0. The Hall–Kier alpha value is -1.62. The predicted molar refractivity (Wildman–Crippen MR) is 76.4 cm³/mol. The van der Waals surface area contributed by atoms with Crippen LogP contribution in [0.4, 0.5) is 11.4 Å². The van der Waals surface area contributed by atoms with Gasteiger partial charge < -0.3 is 5.32 Å². The van der Waals surface area contributed by atoms with Gasteiger partial charge in [-0.25, -0.2) is 0 Å². The Bertz CT molecular complexity index is 442. The minimum absolute atomic E-state index is 0.177. The number of non-ortho nitro benzene ring substituents is 1. The number of nitro groups is 1. The number of nitrogens with one attached hydrogen (secondary N) is 1. The average molecular weight is 263 g/mol. The number of nitro benzene ring substituents is 1. The van der Waals surface area contributed by atoms with Gasteiger partial charge in [0.2, 0.25) is 0 Å². The Labute approximate surface area is 113 Å². The molecule has 19 heavy (non-hydrogen) atoms. The van der Waals surface area contributed by atoms with Crippen molar-refractivity contribution in [3.05, 3.63) is 33.9 Å². The standard InChI is InChI=1S/C14H21N3O2/c1-2-7-15-14-6-5-13(17(18)19)10-12(14)11-16-8-3-4-9-16/h5-6,10,15H,2-4,7-9,11H2,1H3. The van der Waals surface area contributed by atoms with Crippen LogP contribution >= 0.6 is 0 Å². The molecule has 104 valence electrons. The lowest BCUT2D eigenvalue weighted by molar-refractivity contribution is -0.384. The maximum atomic E-state index is 10.9. The lowest BCUT2D eigenvalue weighted by atomic mass is 10.1. The first-order valence-corrected chi connectivity index (χ1v) is 6.94. The van der Waals surface area contributed by atoms with E-state index < -0.39 is 0 Å². The van der Waals surface area contributed by atoms with Crippen LogP contribution in [0.5, 0.6) is 0 Å². The van der Waals surface area contributed by atoms with E-state index in [1.54, 1.807) is 12.1 Å². The van der Waals surface area contributed by atoms with Crippen molar-refractivity contribution >= 4 is 11.4 Å². The highest BCUT2D eigenvalue weighted by atomic mass is 16.6. The van der Waals surface area contributed by atoms with E-state index in [9.17, 15) is 10.1 Å². The maximum absolute atomic E-state index is 10.9. The Balaban J connectivity index is 2.18. The van der Waals surface area contributed by atoms with Crippen LogP contribution < -0.4 is 5.32 Å². The quantitative estimate of drug-likeness (QED) is 0.633. The maximum Gasteiger partial charge on any atom is 0.269 e. The highest BCUT2D eigenvalue weighted by Gasteiger charge is 2.16. The highest BCUT2D eigenvalue weighted by molar-refractivity contribution is 5.56. The molecule has 0 unspecified atom stereocenters. The monoisotopic (exact) mass is 263 g/mol. The molecule has 1 heterocycles. The molecular formula is C14H21N3O2. The third kappa shape index (κ3) is 3.67. The molecule has 5 heteroatoms. The zero-order valence-electron chi connectivity index (χ0n) is 11.4. The number of anilines is 1. The molecule has 1 aliphatic heterocycles. The summed E-state index contributed by atoms with van der Waals surface area (Å²) in [6.45, 7) is 5.99. The van der Waals surface area contributed by atoms with E-state index in [2.05, 4.69) is 17.1 Å². The van der Waals surface area contributed by atoms with Crippen LogP contribution in [0.1, 0.15) is 31.7 Å². The van der Waals surface area contributed by atoms with Crippen molar-refractivity contribution in [3.63, 3.8) is 0 Å². The number of rotatable bonds is 6. The fourth-order valence-corrected chi connectivity index (χ4v) is 2.44. The van der Waals surface area contributed by atoms with Crippen molar-refractivity contribution in [2.24, 2.45) is 0 Å². The SMILES string of the molecule is CCCNc1ccc([N+](=O)[O-])cc1CN1CCCC1. The predicted octanol–water partition coefficient (Wildman–Crippen LogP) is 3.01. The van der Waals surface area contributed by atoms with Crippen molar-refractivity contribution in [1.82, 2.24) is 4.90 Å². The van der Waals surface area contributed by atoms with Crippen LogP contribution in [0, 0.1) is 10.1 Å². The molecule has 1 aromatic carbocycles. The summed E-state index contributed by atoms with van der Waals surface area (Å²) in [4.78, 5) is 12.9. The van der Waals surface area contributed by atoms with Crippen LogP contribution in [0.15, 0.2) is 18.2 Å². The molecule has 0 amide bonds. The van der Waals surface area contributed by atoms with Crippen molar-refractivity contribution < 1.29 is 4.92 Å². The molecule has 1 N–H and O–H groups in total. The van der Waals surface area contributed by atoms with E-state index in [1.807, 2.05) is 6.07 Å². The summed E-state index contributed by atoms with van der Waals surface area (Å²) < 4.78 is 0. The number of hydrogen-bond acceptors (Lipinski definition) is 4. The average Bonchev–Trinajstić information content (AvgIpc) is 2.90. The lowest BCUT2D eigenvalue weighted by Crippen LogP contribution is -2.19.